The molecule has 1 amide bonds. The van der Waals surface area contributed by atoms with Gasteiger partial charge in [-0.05, 0) is 37.6 Å². The molecule has 2 N–H and O–H groups in total. The number of rotatable bonds is 2. The fourth-order valence-corrected chi connectivity index (χ4v) is 2.59. The fourth-order valence-electron chi connectivity index (χ4n) is 2.59. The van der Waals surface area contributed by atoms with Gasteiger partial charge in [0.15, 0.2) is 0 Å². The van der Waals surface area contributed by atoms with Gasteiger partial charge in [-0.25, -0.2) is 0 Å². The number of benzene rings is 1. The monoisotopic (exact) mass is 231 g/mol. The van der Waals surface area contributed by atoms with Crippen LogP contribution < -0.4 is 15.5 Å². The number of nitrogens with one attached hydrogen (secondary N) is 2. The van der Waals surface area contributed by atoms with Gasteiger partial charge in [0.05, 0.1) is 17.9 Å². The van der Waals surface area contributed by atoms with Crippen molar-refractivity contribution in [1.82, 2.24) is 5.32 Å². The Morgan fingerprint density at radius 2 is 2.24 bits per heavy atom. The highest BCUT2D eigenvalue weighted by Crippen LogP contribution is 2.30. The van der Waals surface area contributed by atoms with Gasteiger partial charge in [-0.15, -0.1) is 0 Å². The molecule has 0 radical (unpaired) electrons. The molecule has 0 bridgehead atoms. The molecule has 17 heavy (non-hydrogen) atoms. The minimum Gasteiger partial charge on any atom is -0.374 e. The lowest BCUT2D eigenvalue weighted by Crippen LogP contribution is -2.42. The fraction of sp³-hybridized carbons (Fsp3) is 0.462. The molecule has 0 aliphatic carbocycles. The van der Waals surface area contributed by atoms with Gasteiger partial charge < -0.3 is 15.5 Å². The minimum atomic E-state index is 0.176. The summed E-state index contributed by atoms with van der Waals surface area (Å²) in [6, 6.07) is 8.03. The number of anilines is 2. The van der Waals surface area contributed by atoms with Gasteiger partial charge in [-0.1, -0.05) is 12.1 Å². The van der Waals surface area contributed by atoms with Crippen molar-refractivity contribution in [2.75, 3.05) is 36.4 Å². The standard InChI is InChI=1S/C13H17N3O/c17-13-8-15-11-3-1-2-4-12(11)16(13)9-10-5-6-14-7-10/h1-4,10,14-15H,5-9H2. The van der Waals surface area contributed by atoms with Crippen LogP contribution in [-0.4, -0.2) is 32.1 Å². The molecule has 1 aromatic rings. The van der Waals surface area contributed by atoms with Gasteiger partial charge in [0.25, 0.3) is 0 Å². The van der Waals surface area contributed by atoms with Crippen LogP contribution >= 0.6 is 0 Å². The van der Waals surface area contributed by atoms with Crippen LogP contribution in [0.15, 0.2) is 24.3 Å². The van der Waals surface area contributed by atoms with E-state index < -0.39 is 0 Å². The lowest BCUT2D eigenvalue weighted by atomic mass is 10.1. The molecule has 2 aliphatic rings. The third kappa shape index (κ3) is 2.00. The third-order valence-electron chi connectivity index (χ3n) is 3.53. The van der Waals surface area contributed by atoms with E-state index in [2.05, 4.69) is 10.6 Å². The van der Waals surface area contributed by atoms with Crippen LogP contribution in [0.5, 0.6) is 0 Å². The summed E-state index contributed by atoms with van der Waals surface area (Å²) in [7, 11) is 0. The van der Waals surface area contributed by atoms with Crippen molar-refractivity contribution in [2.45, 2.75) is 6.42 Å². The molecular formula is C13H17N3O. The summed E-state index contributed by atoms with van der Waals surface area (Å²) < 4.78 is 0. The van der Waals surface area contributed by atoms with Crippen molar-refractivity contribution in [2.24, 2.45) is 5.92 Å². The highest BCUT2D eigenvalue weighted by Gasteiger charge is 2.27. The molecule has 4 heteroatoms. The van der Waals surface area contributed by atoms with Crippen LogP contribution in [-0.2, 0) is 4.79 Å². The lowest BCUT2D eigenvalue weighted by molar-refractivity contribution is -0.117. The first-order valence-corrected chi connectivity index (χ1v) is 6.18. The summed E-state index contributed by atoms with van der Waals surface area (Å²) in [5, 5.41) is 6.51. The Morgan fingerprint density at radius 3 is 3.06 bits per heavy atom. The minimum absolute atomic E-state index is 0.176. The normalized spacial score (nSPS) is 23.4. The number of para-hydroxylation sites is 2. The van der Waals surface area contributed by atoms with Crippen molar-refractivity contribution in [3.8, 4) is 0 Å². The lowest BCUT2D eigenvalue weighted by Gasteiger charge is -2.31. The number of amides is 1. The predicted octanol–water partition coefficient (Wildman–Crippen LogP) is 1.05. The predicted molar refractivity (Wildman–Crippen MR) is 68.3 cm³/mol. The zero-order valence-corrected chi connectivity index (χ0v) is 9.78. The second-order valence-electron chi connectivity index (χ2n) is 4.73. The van der Waals surface area contributed by atoms with Crippen LogP contribution in [0.25, 0.3) is 0 Å². The van der Waals surface area contributed by atoms with Crippen LogP contribution in [0.4, 0.5) is 11.4 Å². The largest absolute Gasteiger partial charge is 0.374 e. The van der Waals surface area contributed by atoms with Gasteiger partial charge in [-0.2, -0.15) is 0 Å². The van der Waals surface area contributed by atoms with Gasteiger partial charge in [-0.3, -0.25) is 4.79 Å². The first kappa shape index (κ1) is 10.6. The van der Waals surface area contributed by atoms with E-state index >= 15 is 0 Å². The SMILES string of the molecule is O=C1CNc2ccccc2N1CC1CCNC1. The number of carbonyl (C=O) groups excluding carboxylic acids is 1. The summed E-state index contributed by atoms with van der Waals surface area (Å²) in [6.45, 7) is 3.35. The number of hydrogen-bond donors (Lipinski definition) is 2. The van der Waals surface area contributed by atoms with E-state index in [1.807, 2.05) is 29.2 Å². The van der Waals surface area contributed by atoms with Crippen LogP contribution in [0, 0.1) is 5.92 Å². The van der Waals surface area contributed by atoms with Crippen molar-refractivity contribution in [3.05, 3.63) is 24.3 Å². The summed E-state index contributed by atoms with van der Waals surface area (Å²) in [4.78, 5) is 13.9. The van der Waals surface area contributed by atoms with Crippen LogP contribution in [0.2, 0.25) is 0 Å². The van der Waals surface area contributed by atoms with Crippen LogP contribution in [0.3, 0.4) is 0 Å². The second kappa shape index (κ2) is 4.37. The molecule has 1 aromatic carbocycles. The molecule has 1 saturated heterocycles. The molecule has 2 heterocycles. The maximum Gasteiger partial charge on any atom is 0.246 e. The number of carbonyl (C=O) groups is 1. The van der Waals surface area contributed by atoms with Crippen molar-refractivity contribution in [1.29, 1.82) is 0 Å². The summed E-state index contributed by atoms with van der Waals surface area (Å²) in [6.07, 6.45) is 1.17. The average molecular weight is 231 g/mol. The maximum absolute atomic E-state index is 12.0. The molecule has 2 aliphatic heterocycles. The molecule has 3 rings (SSSR count). The van der Waals surface area contributed by atoms with E-state index in [0.717, 1.165) is 31.0 Å². The molecule has 1 atom stereocenters. The van der Waals surface area contributed by atoms with Crippen molar-refractivity contribution < 1.29 is 4.79 Å². The van der Waals surface area contributed by atoms with Gasteiger partial charge in [0, 0.05) is 6.54 Å². The zero-order valence-electron chi connectivity index (χ0n) is 9.78. The Morgan fingerprint density at radius 1 is 1.35 bits per heavy atom. The highest BCUT2D eigenvalue weighted by atomic mass is 16.2. The highest BCUT2D eigenvalue weighted by molar-refractivity contribution is 6.02. The van der Waals surface area contributed by atoms with E-state index in [1.54, 1.807) is 0 Å². The molecule has 0 saturated carbocycles. The number of nitrogens with zero attached hydrogens (tertiary/aromatic N) is 1. The molecule has 1 unspecified atom stereocenters. The Labute approximate surface area is 101 Å². The summed E-state index contributed by atoms with van der Waals surface area (Å²) >= 11 is 0. The molecule has 90 valence electrons. The van der Waals surface area contributed by atoms with Crippen LogP contribution in [0.1, 0.15) is 6.42 Å². The van der Waals surface area contributed by atoms with E-state index in [-0.39, 0.29) is 5.91 Å². The smallest absolute Gasteiger partial charge is 0.246 e. The quantitative estimate of drug-likeness (QED) is 0.800. The van der Waals surface area contributed by atoms with Gasteiger partial charge in [0.2, 0.25) is 5.91 Å². The zero-order chi connectivity index (χ0) is 11.7. The van der Waals surface area contributed by atoms with E-state index in [4.69, 9.17) is 0 Å². The van der Waals surface area contributed by atoms with Gasteiger partial charge in [0.1, 0.15) is 0 Å². The molecular weight excluding hydrogens is 214 g/mol. The topological polar surface area (TPSA) is 44.4 Å². The first-order valence-electron chi connectivity index (χ1n) is 6.18. The van der Waals surface area contributed by atoms with E-state index in [9.17, 15) is 4.79 Å². The summed E-state index contributed by atoms with van der Waals surface area (Å²) in [5.74, 6) is 0.765. The number of hydrogen-bond acceptors (Lipinski definition) is 3. The third-order valence-corrected chi connectivity index (χ3v) is 3.53. The first-order chi connectivity index (χ1) is 8.34. The Bertz CT molecular complexity index is 426. The van der Waals surface area contributed by atoms with Crippen molar-refractivity contribution >= 4 is 17.3 Å². The second-order valence-corrected chi connectivity index (χ2v) is 4.73. The van der Waals surface area contributed by atoms with Crippen molar-refractivity contribution in [3.63, 3.8) is 0 Å². The maximum atomic E-state index is 12.0. The average Bonchev–Trinajstić information content (AvgIpc) is 2.86. The Kier molecular flexibility index (Phi) is 2.73. The Balaban J connectivity index is 1.84. The molecule has 0 spiro atoms. The molecule has 4 nitrogen and oxygen atoms in total. The summed E-state index contributed by atoms with van der Waals surface area (Å²) in [5.41, 5.74) is 2.09. The van der Waals surface area contributed by atoms with E-state index in [0.29, 0.717) is 12.5 Å². The Hall–Kier alpha value is -1.55. The molecule has 1 fully saturated rings. The number of fused-ring (bicyclic) bond motifs is 1. The molecule has 0 aromatic heterocycles. The van der Waals surface area contributed by atoms with E-state index in [1.165, 1.54) is 6.42 Å². The van der Waals surface area contributed by atoms with Gasteiger partial charge >= 0.3 is 0 Å².